The Morgan fingerprint density at radius 3 is 2.58 bits per heavy atom. The molecule has 3 aromatic rings. The van der Waals surface area contributed by atoms with E-state index in [9.17, 15) is 4.39 Å². The summed E-state index contributed by atoms with van der Waals surface area (Å²) in [5.41, 5.74) is 9.02. The molecule has 0 bridgehead atoms. The van der Waals surface area contributed by atoms with Crippen LogP contribution in [0.1, 0.15) is 24.4 Å². The van der Waals surface area contributed by atoms with Gasteiger partial charge in [0.15, 0.2) is 0 Å². The largest absolute Gasteiger partial charge is 0.369 e. The van der Waals surface area contributed by atoms with Crippen molar-refractivity contribution in [2.75, 3.05) is 18.8 Å². The first-order valence-electron chi connectivity index (χ1n) is 8.40. The molecular weight excluding hydrogens is 303 g/mol. The van der Waals surface area contributed by atoms with Crippen molar-refractivity contribution in [2.45, 2.75) is 25.4 Å². The topological polar surface area (TPSA) is 47.1 Å². The average Bonchev–Trinajstić information content (AvgIpc) is 2.91. The van der Waals surface area contributed by atoms with Crippen LogP contribution in [-0.4, -0.2) is 27.5 Å². The van der Waals surface area contributed by atoms with E-state index >= 15 is 0 Å². The number of hydrogen-bond acceptors (Lipinski definition) is 3. The van der Waals surface area contributed by atoms with Crippen LogP contribution >= 0.6 is 0 Å². The predicted molar refractivity (Wildman–Crippen MR) is 94.1 cm³/mol. The number of aromatic nitrogens is 2. The van der Waals surface area contributed by atoms with Crippen molar-refractivity contribution in [3.8, 4) is 0 Å². The van der Waals surface area contributed by atoms with E-state index in [-0.39, 0.29) is 5.82 Å². The fourth-order valence-corrected chi connectivity index (χ4v) is 3.65. The van der Waals surface area contributed by atoms with E-state index in [1.807, 2.05) is 6.07 Å². The lowest BCUT2D eigenvalue weighted by atomic mass is 10.0. The number of piperidine rings is 1. The maximum Gasteiger partial charge on any atom is 0.201 e. The molecule has 1 aliphatic heterocycles. The maximum atomic E-state index is 13.4. The third kappa shape index (κ3) is 2.87. The maximum absolute atomic E-state index is 13.4. The van der Waals surface area contributed by atoms with E-state index in [0.717, 1.165) is 38.0 Å². The molecule has 5 heteroatoms. The minimum Gasteiger partial charge on any atom is -0.369 e. The van der Waals surface area contributed by atoms with Crippen molar-refractivity contribution < 1.29 is 4.39 Å². The number of rotatable bonds is 3. The molecule has 1 aliphatic rings. The summed E-state index contributed by atoms with van der Waals surface area (Å²) in [6, 6.07) is 15.6. The highest BCUT2D eigenvalue weighted by molar-refractivity contribution is 5.78. The van der Waals surface area contributed by atoms with Crippen LogP contribution in [0, 0.1) is 5.82 Å². The van der Waals surface area contributed by atoms with E-state index < -0.39 is 0 Å². The van der Waals surface area contributed by atoms with Crippen molar-refractivity contribution in [1.82, 2.24) is 14.5 Å². The zero-order chi connectivity index (χ0) is 16.5. The van der Waals surface area contributed by atoms with Crippen LogP contribution in [0.25, 0.3) is 11.0 Å². The Balaban J connectivity index is 1.49. The summed E-state index contributed by atoms with van der Waals surface area (Å²) < 4.78 is 15.5. The predicted octanol–water partition coefficient (Wildman–Crippen LogP) is 3.59. The average molecular weight is 324 g/mol. The van der Waals surface area contributed by atoms with Crippen LogP contribution in [0.4, 0.5) is 10.3 Å². The first-order chi connectivity index (χ1) is 11.7. The standard InChI is InChI=1S/C19H21FN4/c20-15-6-7-18-17(12-15)22-19(21)24(18)16-8-10-23(11-9-16)13-14-4-2-1-3-5-14/h1-7,12,16H,8-11,13H2,(H2,21,22). The molecule has 1 aromatic heterocycles. The van der Waals surface area contributed by atoms with Crippen molar-refractivity contribution >= 4 is 17.0 Å². The number of halogens is 1. The fraction of sp³-hybridized carbons (Fsp3) is 0.316. The molecule has 1 fully saturated rings. The lowest BCUT2D eigenvalue weighted by Gasteiger charge is -2.33. The first-order valence-corrected chi connectivity index (χ1v) is 8.40. The minimum atomic E-state index is -0.273. The molecule has 24 heavy (non-hydrogen) atoms. The molecule has 0 radical (unpaired) electrons. The third-order valence-corrected chi connectivity index (χ3v) is 4.85. The van der Waals surface area contributed by atoms with Gasteiger partial charge in [-0.15, -0.1) is 0 Å². The van der Waals surface area contributed by atoms with E-state index in [1.54, 1.807) is 6.07 Å². The van der Waals surface area contributed by atoms with Crippen LogP contribution in [0.15, 0.2) is 48.5 Å². The Labute approximate surface area is 140 Å². The van der Waals surface area contributed by atoms with Gasteiger partial charge in [0.1, 0.15) is 5.82 Å². The van der Waals surface area contributed by atoms with Crippen molar-refractivity contribution in [1.29, 1.82) is 0 Å². The molecule has 0 atom stereocenters. The number of benzene rings is 2. The molecule has 2 aromatic carbocycles. The smallest absolute Gasteiger partial charge is 0.201 e. The lowest BCUT2D eigenvalue weighted by molar-refractivity contribution is 0.182. The van der Waals surface area contributed by atoms with Gasteiger partial charge in [-0.1, -0.05) is 30.3 Å². The van der Waals surface area contributed by atoms with Gasteiger partial charge in [-0.3, -0.25) is 4.90 Å². The van der Waals surface area contributed by atoms with Gasteiger partial charge in [0, 0.05) is 31.7 Å². The summed E-state index contributed by atoms with van der Waals surface area (Å²) in [7, 11) is 0. The molecule has 124 valence electrons. The number of nitrogens with two attached hydrogens (primary N) is 1. The first kappa shape index (κ1) is 15.1. The highest BCUT2D eigenvalue weighted by Crippen LogP contribution is 2.30. The SMILES string of the molecule is Nc1nc2cc(F)ccc2n1C1CCN(Cc2ccccc2)CC1. The Hall–Kier alpha value is -2.40. The normalized spacial score (nSPS) is 16.7. The number of imidazole rings is 1. The monoisotopic (exact) mass is 324 g/mol. The second kappa shape index (κ2) is 6.24. The Morgan fingerprint density at radius 2 is 1.83 bits per heavy atom. The van der Waals surface area contributed by atoms with Crippen LogP contribution < -0.4 is 5.73 Å². The molecule has 1 saturated heterocycles. The summed E-state index contributed by atoms with van der Waals surface area (Å²) in [6.45, 7) is 3.04. The minimum absolute atomic E-state index is 0.273. The van der Waals surface area contributed by atoms with Crippen LogP contribution in [0.2, 0.25) is 0 Å². The van der Waals surface area contributed by atoms with Crippen molar-refractivity contribution in [3.05, 3.63) is 59.9 Å². The Kier molecular flexibility index (Phi) is 3.94. The molecule has 4 rings (SSSR count). The molecule has 4 nitrogen and oxygen atoms in total. The zero-order valence-corrected chi connectivity index (χ0v) is 13.5. The summed E-state index contributed by atoms with van der Waals surface area (Å²) in [5.74, 6) is 0.210. The van der Waals surface area contributed by atoms with Crippen LogP contribution in [0.3, 0.4) is 0 Å². The van der Waals surface area contributed by atoms with Gasteiger partial charge in [0.05, 0.1) is 11.0 Å². The van der Waals surface area contributed by atoms with Crippen molar-refractivity contribution in [3.63, 3.8) is 0 Å². The second-order valence-electron chi connectivity index (χ2n) is 6.47. The molecule has 2 heterocycles. The number of anilines is 1. The molecule has 0 spiro atoms. The Bertz CT molecular complexity index is 835. The van der Waals surface area contributed by atoms with Crippen LogP contribution in [-0.2, 0) is 6.54 Å². The van der Waals surface area contributed by atoms with Gasteiger partial charge >= 0.3 is 0 Å². The summed E-state index contributed by atoms with van der Waals surface area (Å²) in [5, 5.41) is 0. The number of fused-ring (bicyclic) bond motifs is 1. The molecular formula is C19H21FN4. The van der Waals surface area contributed by atoms with E-state index in [1.165, 1.54) is 17.7 Å². The van der Waals surface area contributed by atoms with Gasteiger partial charge < -0.3 is 10.3 Å². The molecule has 2 N–H and O–H groups in total. The number of nitrogen functional groups attached to an aromatic ring is 1. The molecule has 0 aliphatic carbocycles. The van der Waals surface area contributed by atoms with E-state index in [2.05, 4.69) is 38.7 Å². The van der Waals surface area contributed by atoms with Gasteiger partial charge in [-0.25, -0.2) is 9.37 Å². The molecule has 0 unspecified atom stereocenters. The Morgan fingerprint density at radius 1 is 1.08 bits per heavy atom. The molecule has 0 amide bonds. The van der Waals surface area contributed by atoms with Gasteiger partial charge in [-0.2, -0.15) is 0 Å². The highest BCUT2D eigenvalue weighted by Gasteiger charge is 2.24. The number of hydrogen-bond donors (Lipinski definition) is 1. The second-order valence-corrected chi connectivity index (χ2v) is 6.47. The summed E-state index contributed by atoms with van der Waals surface area (Å²) in [4.78, 5) is 6.80. The number of nitrogens with zero attached hydrogens (tertiary/aromatic N) is 3. The van der Waals surface area contributed by atoms with E-state index in [4.69, 9.17) is 5.73 Å². The zero-order valence-electron chi connectivity index (χ0n) is 13.5. The number of likely N-dealkylation sites (tertiary alicyclic amines) is 1. The van der Waals surface area contributed by atoms with Gasteiger partial charge in [0.2, 0.25) is 5.95 Å². The lowest BCUT2D eigenvalue weighted by Crippen LogP contribution is -2.34. The highest BCUT2D eigenvalue weighted by atomic mass is 19.1. The quantitative estimate of drug-likeness (QED) is 0.801. The summed E-state index contributed by atoms with van der Waals surface area (Å²) in [6.07, 6.45) is 2.06. The van der Waals surface area contributed by atoms with Gasteiger partial charge in [0.25, 0.3) is 0 Å². The van der Waals surface area contributed by atoms with Gasteiger partial charge in [-0.05, 0) is 30.5 Å². The van der Waals surface area contributed by atoms with Crippen LogP contribution in [0.5, 0.6) is 0 Å². The van der Waals surface area contributed by atoms with E-state index in [0.29, 0.717) is 17.5 Å². The summed E-state index contributed by atoms with van der Waals surface area (Å²) >= 11 is 0. The fourth-order valence-electron chi connectivity index (χ4n) is 3.65. The molecule has 0 saturated carbocycles. The third-order valence-electron chi connectivity index (χ3n) is 4.85. The van der Waals surface area contributed by atoms with Crippen molar-refractivity contribution in [2.24, 2.45) is 0 Å².